The van der Waals surface area contributed by atoms with Gasteiger partial charge in [-0.05, 0) is 27.6 Å². The minimum Gasteiger partial charge on any atom is -0.512 e. The highest BCUT2D eigenvalue weighted by Gasteiger charge is 2.14. The van der Waals surface area contributed by atoms with Crippen LogP contribution in [0.4, 0.5) is 0 Å². The van der Waals surface area contributed by atoms with Crippen LogP contribution in [-0.4, -0.2) is 22.0 Å². The van der Waals surface area contributed by atoms with Gasteiger partial charge in [-0.2, -0.15) is 0 Å². The van der Waals surface area contributed by atoms with E-state index in [1.165, 1.54) is 0 Å². The van der Waals surface area contributed by atoms with Crippen LogP contribution in [0.15, 0.2) is 66.4 Å². The summed E-state index contributed by atoms with van der Waals surface area (Å²) < 4.78 is 0. The maximum atomic E-state index is 12.7. The van der Waals surface area contributed by atoms with Crippen molar-refractivity contribution in [3.8, 4) is 0 Å². The molecule has 0 amide bonds. The number of aliphatic hydroxyl groups is 1. The third-order valence-electron chi connectivity index (χ3n) is 3.91. The van der Waals surface area contributed by atoms with Crippen molar-refractivity contribution in [1.82, 2.24) is 0 Å². The number of ketones is 1. The van der Waals surface area contributed by atoms with E-state index in [0.717, 1.165) is 27.6 Å². The fourth-order valence-electron chi connectivity index (χ4n) is 2.81. The molecular formula is C20H16O4. The van der Waals surface area contributed by atoms with Crippen molar-refractivity contribution >= 4 is 33.3 Å². The molecular weight excluding hydrogens is 304 g/mol. The molecule has 0 spiro atoms. The summed E-state index contributed by atoms with van der Waals surface area (Å²) in [7, 11) is 0. The topological polar surface area (TPSA) is 74.6 Å². The zero-order chi connectivity index (χ0) is 17.1. The van der Waals surface area contributed by atoms with Gasteiger partial charge in [0.05, 0.1) is 12.2 Å². The Kier molecular flexibility index (Phi) is 4.29. The molecule has 0 bridgehead atoms. The number of aliphatic carboxylic acids is 1. The van der Waals surface area contributed by atoms with Gasteiger partial charge in [0.15, 0.2) is 5.78 Å². The number of benzene rings is 3. The van der Waals surface area contributed by atoms with Crippen molar-refractivity contribution in [3.63, 3.8) is 0 Å². The minimum atomic E-state index is -1.02. The van der Waals surface area contributed by atoms with Crippen molar-refractivity contribution in [1.29, 1.82) is 0 Å². The number of carbonyl (C=O) groups is 2. The van der Waals surface area contributed by atoms with Gasteiger partial charge in [-0.25, -0.2) is 0 Å². The molecule has 0 heterocycles. The number of fused-ring (bicyclic) bond motifs is 2. The van der Waals surface area contributed by atoms with E-state index in [2.05, 4.69) is 0 Å². The van der Waals surface area contributed by atoms with Crippen molar-refractivity contribution in [2.24, 2.45) is 0 Å². The molecule has 0 saturated heterocycles. The van der Waals surface area contributed by atoms with Crippen molar-refractivity contribution < 1.29 is 19.8 Å². The lowest BCUT2D eigenvalue weighted by molar-refractivity contribution is -0.137. The van der Waals surface area contributed by atoms with Crippen molar-refractivity contribution in [3.05, 3.63) is 72.0 Å². The summed E-state index contributed by atoms with van der Waals surface area (Å²) >= 11 is 0. The molecule has 4 heteroatoms. The van der Waals surface area contributed by atoms with Crippen LogP contribution in [0.3, 0.4) is 0 Å². The van der Waals surface area contributed by atoms with Crippen LogP contribution in [0, 0.1) is 0 Å². The Morgan fingerprint density at radius 2 is 1.38 bits per heavy atom. The summed E-state index contributed by atoms with van der Waals surface area (Å²) in [6.07, 6.45) is 0.840. The van der Waals surface area contributed by atoms with E-state index in [1.54, 1.807) is 0 Å². The molecule has 4 nitrogen and oxygen atoms in total. The van der Waals surface area contributed by atoms with Gasteiger partial charge in [0, 0.05) is 18.1 Å². The number of allylic oxidation sites excluding steroid dienone is 2. The molecule has 0 unspecified atom stereocenters. The minimum absolute atomic E-state index is 0.0657. The van der Waals surface area contributed by atoms with Gasteiger partial charge in [0.25, 0.3) is 0 Å². The summed E-state index contributed by atoms with van der Waals surface area (Å²) in [5.74, 6) is -1.57. The highest BCUT2D eigenvalue weighted by Crippen LogP contribution is 2.29. The molecule has 24 heavy (non-hydrogen) atoms. The Morgan fingerprint density at radius 1 is 0.833 bits per heavy atom. The monoisotopic (exact) mass is 320 g/mol. The summed E-state index contributed by atoms with van der Waals surface area (Å²) in [4.78, 5) is 23.3. The smallest absolute Gasteiger partial charge is 0.303 e. The third-order valence-corrected chi connectivity index (χ3v) is 3.91. The van der Waals surface area contributed by atoms with Gasteiger partial charge < -0.3 is 10.2 Å². The second-order valence-corrected chi connectivity index (χ2v) is 5.59. The lowest BCUT2D eigenvalue weighted by Crippen LogP contribution is -2.01. The summed E-state index contributed by atoms with van der Waals surface area (Å²) in [5, 5.41) is 22.0. The molecule has 3 rings (SSSR count). The molecule has 0 radical (unpaired) electrons. The molecule has 0 aromatic heterocycles. The number of hydrogen-bond donors (Lipinski definition) is 2. The Bertz CT molecular complexity index is 916. The molecule has 0 atom stereocenters. The number of carboxylic acid groups (broad SMARTS) is 1. The Morgan fingerprint density at radius 3 is 1.92 bits per heavy atom. The van der Waals surface area contributed by atoms with E-state index in [-0.39, 0.29) is 24.4 Å². The highest BCUT2D eigenvalue weighted by atomic mass is 16.4. The van der Waals surface area contributed by atoms with Crippen LogP contribution in [0.1, 0.15) is 23.2 Å². The fraction of sp³-hybridized carbons (Fsp3) is 0.100. The Hall–Kier alpha value is -3.14. The second kappa shape index (κ2) is 6.54. The molecule has 120 valence electrons. The molecule has 3 aromatic rings. The maximum absolute atomic E-state index is 12.7. The van der Waals surface area contributed by atoms with Gasteiger partial charge in [-0.1, -0.05) is 48.5 Å². The van der Waals surface area contributed by atoms with Gasteiger partial charge in [-0.3, -0.25) is 9.59 Å². The van der Waals surface area contributed by atoms with Crippen molar-refractivity contribution in [2.45, 2.75) is 12.8 Å². The maximum Gasteiger partial charge on any atom is 0.303 e. The van der Waals surface area contributed by atoms with E-state index in [4.69, 9.17) is 5.11 Å². The van der Waals surface area contributed by atoms with E-state index < -0.39 is 5.97 Å². The summed E-state index contributed by atoms with van der Waals surface area (Å²) in [6.45, 7) is 0. The number of carboxylic acids is 1. The zero-order valence-electron chi connectivity index (χ0n) is 12.9. The number of rotatable bonds is 5. The van der Waals surface area contributed by atoms with E-state index in [9.17, 15) is 14.7 Å². The first kappa shape index (κ1) is 15.7. The van der Waals surface area contributed by atoms with Crippen LogP contribution in [0.5, 0.6) is 0 Å². The number of carbonyl (C=O) groups excluding carboxylic acids is 1. The molecule has 0 aliphatic rings. The molecule has 0 aliphatic carbocycles. The zero-order valence-corrected chi connectivity index (χ0v) is 12.9. The molecule has 0 aliphatic heterocycles. The molecule has 3 aromatic carbocycles. The van der Waals surface area contributed by atoms with E-state index >= 15 is 0 Å². The van der Waals surface area contributed by atoms with Crippen LogP contribution >= 0.6 is 0 Å². The predicted molar refractivity (Wildman–Crippen MR) is 93.4 cm³/mol. The summed E-state index contributed by atoms with van der Waals surface area (Å²) in [5.41, 5.74) is 0.519. The van der Waals surface area contributed by atoms with Crippen LogP contribution in [0.25, 0.3) is 21.5 Å². The van der Waals surface area contributed by atoms with E-state index in [1.807, 2.05) is 54.6 Å². The number of hydrogen-bond acceptors (Lipinski definition) is 3. The lowest BCUT2D eigenvalue weighted by atomic mass is 9.94. The largest absolute Gasteiger partial charge is 0.512 e. The molecule has 0 fully saturated rings. The van der Waals surface area contributed by atoms with Crippen molar-refractivity contribution in [2.75, 3.05) is 0 Å². The van der Waals surface area contributed by atoms with Gasteiger partial charge >= 0.3 is 5.97 Å². The standard InChI is InChI=1S/C20H16O4/c21-15(9-10-19(23)24)12-18(22)20-16-7-3-1-5-13(16)11-14-6-2-4-8-17(14)20/h1-8,11-12,21H,9-10H2,(H,23,24)/b15-12-. The van der Waals surface area contributed by atoms with Gasteiger partial charge in [0.2, 0.25) is 0 Å². The lowest BCUT2D eigenvalue weighted by Gasteiger charge is -2.09. The first-order valence-corrected chi connectivity index (χ1v) is 7.62. The molecule has 2 N–H and O–H groups in total. The van der Waals surface area contributed by atoms with Crippen LogP contribution < -0.4 is 0 Å². The fourth-order valence-corrected chi connectivity index (χ4v) is 2.81. The first-order valence-electron chi connectivity index (χ1n) is 7.62. The Labute approximate surface area is 138 Å². The average Bonchev–Trinajstić information content (AvgIpc) is 2.57. The van der Waals surface area contributed by atoms with E-state index in [0.29, 0.717) is 5.56 Å². The predicted octanol–water partition coefficient (Wildman–Crippen LogP) is 4.48. The SMILES string of the molecule is O=C(O)CC/C(O)=C/C(=O)c1c2ccccc2cc2ccccc12. The van der Waals surface area contributed by atoms with Gasteiger partial charge in [0.1, 0.15) is 0 Å². The normalized spacial score (nSPS) is 11.8. The average molecular weight is 320 g/mol. The quantitative estimate of drug-likeness (QED) is 0.314. The number of aliphatic hydroxyl groups excluding tert-OH is 1. The summed E-state index contributed by atoms with van der Waals surface area (Å²) in [6, 6.07) is 17.2. The highest BCUT2D eigenvalue weighted by molar-refractivity contribution is 6.22. The van der Waals surface area contributed by atoms with Gasteiger partial charge in [-0.15, -0.1) is 0 Å². The van der Waals surface area contributed by atoms with Crippen LogP contribution in [-0.2, 0) is 4.79 Å². The van der Waals surface area contributed by atoms with Crippen LogP contribution in [0.2, 0.25) is 0 Å². The second-order valence-electron chi connectivity index (χ2n) is 5.59. The molecule has 0 saturated carbocycles. The third kappa shape index (κ3) is 3.13. The Balaban J connectivity index is 2.13. The first-order chi connectivity index (χ1) is 11.6.